The number of aliphatic hydroxyl groups is 1. The van der Waals surface area contributed by atoms with Crippen LogP contribution in [0.3, 0.4) is 0 Å². The molecule has 0 atom stereocenters. The molecular weight excluding hydrogens is 308 g/mol. The van der Waals surface area contributed by atoms with Gasteiger partial charge in [-0.1, -0.05) is 18.2 Å². The van der Waals surface area contributed by atoms with Crippen LogP contribution in [0, 0.1) is 6.92 Å². The second-order valence-corrected chi connectivity index (χ2v) is 5.24. The molecule has 7 heteroatoms. The average Bonchev–Trinajstić information content (AvgIpc) is 3.03. The van der Waals surface area contributed by atoms with Crippen LogP contribution in [-0.4, -0.2) is 32.3 Å². The Bertz CT molecular complexity index is 931. The van der Waals surface area contributed by atoms with E-state index in [0.29, 0.717) is 22.4 Å². The SMILES string of the molecule is Cc1ncc(CO)c(C=NNC(=O)c2c[nH]c3ccccc23)c1O. The highest BCUT2D eigenvalue weighted by Crippen LogP contribution is 2.22. The van der Waals surface area contributed by atoms with Crippen LogP contribution in [0.5, 0.6) is 5.75 Å². The number of nitrogens with zero attached hydrogens (tertiary/aromatic N) is 2. The van der Waals surface area contributed by atoms with Crippen LogP contribution >= 0.6 is 0 Å². The Balaban J connectivity index is 1.82. The number of aromatic amines is 1. The molecule has 122 valence electrons. The van der Waals surface area contributed by atoms with E-state index in [1.54, 1.807) is 13.1 Å². The van der Waals surface area contributed by atoms with Crippen molar-refractivity contribution in [2.45, 2.75) is 13.5 Å². The first kappa shape index (κ1) is 15.7. The third-order valence-electron chi connectivity index (χ3n) is 3.72. The zero-order valence-corrected chi connectivity index (χ0v) is 12.9. The number of aromatic nitrogens is 2. The number of benzene rings is 1. The van der Waals surface area contributed by atoms with E-state index in [1.165, 1.54) is 12.4 Å². The molecule has 1 aromatic carbocycles. The molecule has 0 bridgehead atoms. The van der Waals surface area contributed by atoms with Crippen LogP contribution in [0.15, 0.2) is 41.8 Å². The first-order valence-corrected chi connectivity index (χ1v) is 7.29. The number of amides is 1. The van der Waals surface area contributed by atoms with Crippen molar-refractivity contribution in [2.75, 3.05) is 0 Å². The predicted octanol–water partition coefficient (Wildman–Crippen LogP) is 1.83. The van der Waals surface area contributed by atoms with Gasteiger partial charge in [-0.05, 0) is 13.0 Å². The molecule has 3 aromatic rings. The molecule has 4 N–H and O–H groups in total. The summed E-state index contributed by atoms with van der Waals surface area (Å²) in [5.41, 5.74) is 4.91. The molecule has 3 rings (SSSR count). The van der Waals surface area contributed by atoms with Crippen LogP contribution in [0.4, 0.5) is 0 Å². The summed E-state index contributed by atoms with van der Waals surface area (Å²) in [6.45, 7) is 1.34. The molecule has 1 amide bonds. The van der Waals surface area contributed by atoms with E-state index in [4.69, 9.17) is 0 Å². The van der Waals surface area contributed by atoms with E-state index in [0.717, 1.165) is 10.9 Å². The fourth-order valence-corrected chi connectivity index (χ4v) is 2.40. The fourth-order valence-electron chi connectivity index (χ4n) is 2.40. The van der Waals surface area contributed by atoms with Crippen molar-refractivity contribution in [1.82, 2.24) is 15.4 Å². The number of nitrogens with one attached hydrogen (secondary N) is 2. The van der Waals surface area contributed by atoms with Gasteiger partial charge in [-0.25, -0.2) is 5.43 Å². The third-order valence-corrected chi connectivity index (χ3v) is 3.72. The smallest absolute Gasteiger partial charge is 0.273 e. The number of pyridine rings is 1. The largest absolute Gasteiger partial charge is 0.505 e. The Hall–Kier alpha value is -3.19. The summed E-state index contributed by atoms with van der Waals surface area (Å²) >= 11 is 0. The fraction of sp³-hybridized carbons (Fsp3) is 0.118. The van der Waals surface area contributed by atoms with E-state index < -0.39 is 0 Å². The Labute approximate surface area is 137 Å². The number of H-pyrrole nitrogens is 1. The molecule has 7 nitrogen and oxygen atoms in total. The summed E-state index contributed by atoms with van der Waals surface area (Å²) in [6, 6.07) is 7.44. The van der Waals surface area contributed by atoms with Crippen molar-refractivity contribution >= 4 is 23.0 Å². The van der Waals surface area contributed by atoms with Crippen molar-refractivity contribution in [3.05, 3.63) is 59.0 Å². The molecule has 0 aliphatic heterocycles. The molecule has 0 radical (unpaired) electrons. The lowest BCUT2D eigenvalue weighted by atomic mass is 10.1. The van der Waals surface area contributed by atoms with Crippen LogP contribution in [0.25, 0.3) is 10.9 Å². The summed E-state index contributed by atoms with van der Waals surface area (Å²) in [7, 11) is 0. The van der Waals surface area contributed by atoms with Gasteiger partial charge in [-0.15, -0.1) is 0 Å². The van der Waals surface area contributed by atoms with E-state index in [1.807, 2.05) is 24.3 Å². The highest BCUT2D eigenvalue weighted by molar-refractivity contribution is 6.06. The van der Waals surface area contributed by atoms with Gasteiger partial charge in [0, 0.05) is 34.4 Å². The van der Waals surface area contributed by atoms with Crippen LogP contribution in [-0.2, 0) is 6.61 Å². The average molecular weight is 324 g/mol. The number of hydrazone groups is 1. The Kier molecular flexibility index (Phi) is 4.26. The van der Waals surface area contributed by atoms with E-state index in [-0.39, 0.29) is 18.3 Å². The molecule has 24 heavy (non-hydrogen) atoms. The van der Waals surface area contributed by atoms with Crippen molar-refractivity contribution in [3.8, 4) is 5.75 Å². The lowest BCUT2D eigenvalue weighted by molar-refractivity contribution is 0.0957. The molecule has 0 fully saturated rings. The van der Waals surface area contributed by atoms with Gasteiger partial charge in [0.25, 0.3) is 5.91 Å². The number of carbonyl (C=O) groups is 1. The number of aromatic hydroxyl groups is 1. The highest BCUT2D eigenvalue weighted by Gasteiger charge is 2.12. The molecule has 2 heterocycles. The Morgan fingerprint density at radius 2 is 2.21 bits per heavy atom. The third kappa shape index (κ3) is 2.84. The minimum atomic E-state index is -0.375. The van der Waals surface area contributed by atoms with Gasteiger partial charge in [0.1, 0.15) is 5.75 Å². The number of para-hydroxylation sites is 1. The van der Waals surface area contributed by atoms with E-state index in [2.05, 4.69) is 20.5 Å². The number of aryl methyl sites for hydroxylation is 1. The molecule has 0 aliphatic carbocycles. The van der Waals surface area contributed by atoms with Gasteiger partial charge in [0.05, 0.1) is 24.1 Å². The van der Waals surface area contributed by atoms with Gasteiger partial charge >= 0.3 is 0 Å². The maximum Gasteiger partial charge on any atom is 0.273 e. The minimum Gasteiger partial charge on any atom is -0.505 e. The van der Waals surface area contributed by atoms with Gasteiger partial charge in [-0.2, -0.15) is 5.10 Å². The molecular formula is C17H16N4O3. The first-order valence-electron chi connectivity index (χ1n) is 7.29. The summed E-state index contributed by atoms with van der Waals surface area (Å²) in [5, 5.41) is 24.0. The number of rotatable bonds is 4. The maximum atomic E-state index is 12.2. The van der Waals surface area contributed by atoms with Gasteiger partial charge in [0.15, 0.2) is 0 Å². The Morgan fingerprint density at radius 1 is 1.42 bits per heavy atom. The highest BCUT2D eigenvalue weighted by atomic mass is 16.3. The van der Waals surface area contributed by atoms with Gasteiger partial charge in [0.2, 0.25) is 0 Å². The quantitative estimate of drug-likeness (QED) is 0.433. The normalized spacial score (nSPS) is 11.2. The lowest BCUT2D eigenvalue weighted by Crippen LogP contribution is -2.17. The lowest BCUT2D eigenvalue weighted by Gasteiger charge is -2.07. The molecule has 0 saturated carbocycles. The summed E-state index contributed by atoms with van der Waals surface area (Å²) in [4.78, 5) is 19.2. The topological polar surface area (TPSA) is 111 Å². The van der Waals surface area contributed by atoms with Crippen molar-refractivity contribution in [1.29, 1.82) is 0 Å². The molecule has 0 spiro atoms. The second-order valence-electron chi connectivity index (χ2n) is 5.24. The zero-order valence-electron chi connectivity index (χ0n) is 12.9. The standard InChI is InChI=1S/C17H16N4O3/c1-10-16(23)13(11(9-22)6-18-10)8-20-21-17(24)14-7-19-15-5-3-2-4-12(14)15/h2-8,19,22-23H,9H2,1H3,(H,21,24). The monoisotopic (exact) mass is 324 g/mol. The number of carbonyl (C=O) groups excluding carboxylic acids is 1. The van der Waals surface area contributed by atoms with E-state index >= 15 is 0 Å². The van der Waals surface area contributed by atoms with Crippen molar-refractivity contribution in [3.63, 3.8) is 0 Å². The van der Waals surface area contributed by atoms with Crippen LogP contribution in [0.1, 0.15) is 27.2 Å². The van der Waals surface area contributed by atoms with Crippen LogP contribution < -0.4 is 5.43 Å². The summed E-state index contributed by atoms with van der Waals surface area (Å²) < 4.78 is 0. The Morgan fingerprint density at radius 3 is 3.00 bits per heavy atom. The number of fused-ring (bicyclic) bond motifs is 1. The number of hydrogen-bond donors (Lipinski definition) is 4. The molecule has 2 aromatic heterocycles. The maximum absolute atomic E-state index is 12.2. The first-order chi connectivity index (χ1) is 11.6. The summed E-state index contributed by atoms with van der Waals surface area (Å²) in [5.74, 6) is -0.453. The summed E-state index contributed by atoms with van der Waals surface area (Å²) in [6.07, 6.45) is 4.36. The van der Waals surface area contributed by atoms with Crippen molar-refractivity contribution < 1.29 is 15.0 Å². The van der Waals surface area contributed by atoms with E-state index in [9.17, 15) is 15.0 Å². The number of aliphatic hydroxyl groups excluding tert-OH is 1. The molecule has 0 unspecified atom stereocenters. The van der Waals surface area contributed by atoms with Gasteiger partial charge < -0.3 is 15.2 Å². The molecule has 0 aliphatic rings. The molecule has 0 saturated heterocycles. The number of hydrogen-bond acceptors (Lipinski definition) is 5. The van der Waals surface area contributed by atoms with Gasteiger partial charge in [-0.3, -0.25) is 9.78 Å². The zero-order chi connectivity index (χ0) is 17.1. The van der Waals surface area contributed by atoms with Crippen molar-refractivity contribution in [2.24, 2.45) is 5.10 Å². The minimum absolute atomic E-state index is 0.0772. The van der Waals surface area contributed by atoms with Crippen LogP contribution in [0.2, 0.25) is 0 Å². The second kappa shape index (κ2) is 6.51. The predicted molar refractivity (Wildman–Crippen MR) is 89.9 cm³/mol.